The molecule has 0 aliphatic heterocycles. The summed E-state index contributed by atoms with van der Waals surface area (Å²) in [4.78, 5) is 0. The van der Waals surface area contributed by atoms with Crippen LogP contribution in [0.25, 0.3) is 0 Å². The van der Waals surface area contributed by atoms with Crippen molar-refractivity contribution < 1.29 is 5.11 Å². The summed E-state index contributed by atoms with van der Waals surface area (Å²) >= 11 is 0. The second kappa shape index (κ2) is 7.70. The summed E-state index contributed by atoms with van der Waals surface area (Å²) in [7, 11) is 0. The maximum Gasteiger partial charge on any atom is 0.0433 e. The predicted molar refractivity (Wildman–Crippen MR) is 40.1 cm³/mol. The fourth-order valence-electron chi connectivity index (χ4n) is 0.563. The molecule has 0 bridgehead atoms. The molecule has 1 heteroatoms. The van der Waals surface area contributed by atoms with Crippen LogP contribution in [0, 0.1) is 6.92 Å². The van der Waals surface area contributed by atoms with Crippen LogP contribution < -0.4 is 0 Å². The summed E-state index contributed by atoms with van der Waals surface area (Å²) in [5.74, 6) is 0. The van der Waals surface area contributed by atoms with Crippen molar-refractivity contribution in [3.8, 4) is 0 Å². The predicted octanol–water partition coefficient (Wildman–Crippen LogP) is 1.93. The van der Waals surface area contributed by atoms with Gasteiger partial charge in [-0.05, 0) is 25.7 Å². The van der Waals surface area contributed by atoms with E-state index in [1.54, 1.807) is 0 Å². The zero-order chi connectivity index (χ0) is 6.95. The van der Waals surface area contributed by atoms with Crippen molar-refractivity contribution in [3.63, 3.8) is 0 Å². The fraction of sp³-hybridized carbons (Fsp3) is 0.625. The highest BCUT2D eigenvalue weighted by Crippen LogP contribution is 1.93. The Kier molecular flexibility index (Phi) is 7.44. The topological polar surface area (TPSA) is 20.2 Å². The van der Waals surface area contributed by atoms with Gasteiger partial charge in [0.1, 0.15) is 0 Å². The Morgan fingerprint density at radius 1 is 1.22 bits per heavy atom. The molecule has 0 fully saturated rings. The molecule has 1 nitrogen and oxygen atoms in total. The highest BCUT2D eigenvalue weighted by molar-refractivity contribution is 4.81. The second-order valence-corrected chi connectivity index (χ2v) is 1.98. The lowest BCUT2D eigenvalue weighted by molar-refractivity contribution is 0.289. The largest absolute Gasteiger partial charge is 0.396 e. The molecular formula is C8H15O. The van der Waals surface area contributed by atoms with Gasteiger partial charge in [-0.1, -0.05) is 19.1 Å². The normalized spacial score (nSPS) is 10.9. The molecule has 0 rings (SSSR count). The Morgan fingerprint density at radius 3 is 2.44 bits per heavy atom. The molecule has 0 aromatic heterocycles. The number of aliphatic hydroxyl groups is 1. The third kappa shape index (κ3) is 7.70. The highest BCUT2D eigenvalue weighted by atomic mass is 16.2. The summed E-state index contributed by atoms with van der Waals surface area (Å²) in [6, 6.07) is 0. The van der Waals surface area contributed by atoms with Crippen LogP contribution in [0.1, 0.15) is 25.7 Å². The molecular weight excluding hydrogens is 112 g/mol. The van der Waals surface area contributed by atoms with Crippen molar-refractivity contribution >= 4 is 0 Å². The van der Waals surface area contributed by atoms with Gasteiger partial charge in [-0.3, -0.25) is 0 Å². The lowest BCUT2D eigenvalue weighted by Gasteiger charge is -1.87. The number of unbranched alkanes of at least 4 members (excludes halogenated alkanes) is 2. The quantitative estimate of drug-likeness (QED) is 0.442. The smallest absolute Gasteiger partial charge is 0.0433 e. The van der Waals surface area contributed by atoms with Gasteiger partial charge < -0.3 is 5.11 Å². The first-order valence-electron chi connectivity index (χ1n) is 3.47. The molecule has 1 N–H and O–H groups in total. The Balaban J connectivity index is 2.86. The Hall–Kier alpha value is -0.300. The molecule has 0 amide bonds. The molecule has 9 heavy (non-hydrogen) atoms. The maximum absolute atomic E-state index is 8.38. The zero-order valence-corrected chi connectivity index (χ0v) is 5.84. The molecule has 0 aromatic rings. The minimum atomic E-state index is 0.300. The van der Waals surface area contributed by atoms with Crippen molar-refractivity contribution in [1.82, 2.24) is 0 Å². The van der Waals surface area contributed by atoms with Crippen LogP contribution in [0.15, 0.2) is 12.2 Å². The molecule has 0 aliphatic carbocycles. The van der Waals surface area contributed by atoms with Crippen molar-refractivity contribution in [2.75, 3.05) is 6.61 Å². The van der Waals surface area contributed by atoms with Gasteiger partial charge in [0.15, 0.2) is 0 Å². The van der Waals surface area contributed by atoms with Crippen LogP contribution in [0.4, 0.5) is 0 Å². The van der Waals surface area contributed by atoms with Gasteiger partial charge in [-0.2, -0.15) is 0 Å². The summed E-state index contributed by atoms with van der Waals surface area (Å²) < 4.78 is 0. The van der Waals surface area contributed by atoms with Crippen LogP contribution >= 0.6 is 0 Å². The first kappa shape index (κ1) is 8.70. The van der Waals surface area contributed by atoms with E-state index >= 15 is 0 Å². The molecule has 0 unspecified atom stereocenters. The second-order valence-electron chi connectivity index (χ2n) is 1.98. The molecule has 53 valence electrons. The van der Waals surface area contributed by atoms with E-state index in [9.17, 15) is 0 Å². The Bertz CT molecular complexity index is 67.0. The van der Waals surface area contributed by atoms with Crippen LogP contribution in [-0.4, -0.2) is 11.7 Å². The summed E-state index contributed by atoms with van der Waals surface area (Å²) in [5, 5.41) is 8.38. The van der Waals surface area contributed by atoms with Gasteiger partial charge in [-0.15, -0.1) is 0 Å². The van der Waals surface area contributed by atoms with Gasteiger partial charge in [0, 0.05) is 6.61 Å². The Labute approximate surface area is 57.4 Å². The number of aliphatic hydroxyl groups excluding tert-OH is 1. The van der Waals surface area contributed by atoms with E-state index in [1.165, 1.54) is 0 Å². The first-order chi connectivity index (χ1) is 4.41. The van der Waals surface area contributed by atoms with Crippen LogP contribution in [0.5, 0.6) is 0 Å². The summed E-state index contributed by atoms with van der Waals surface area (Å²) in [6.07, 6.45) is 8.12. The van der Waals surface area contributed by atoms with E-state index in [4.69, 9.17) is 5.11 Å². The summed E-state index contributed by atoms with van der Waals surface area (Å²) in [5.41, 5.74) is 0. The standard InChI is InChI=1S/C8H15O/c1-2-3-4-5-6-7-8-9/h4-5,9H,1-3,6-8H2. The molecule has 0 atom stereocenters. The van der Waals surface area contributed by atoms with E-state index in [-0.39, 0.29) is 0 Å². The summed E-state index contributed by atoms with van der Waals surface area (Å²) in [6.45, 7) is 4.00. The maximum atomic E-state index is 8.38. The minimum absolute atomic E-state index is 0.300. The van der Waals surface area contributed by atoms with Gasteiger partial charge in [-0.25, -0.2) is 0 Å². The molecule has 0 saturated heterocycles. The average Bonchev–Trinajstić information content (AvgIpc) is 1.89. The minimum Gasteiger partial charge on any atom is -0.396 e. The van der Waals surface area contributed by atoms with Crippen molar-refractivity contribution in [1.29, 1.82) is 0 Å². The number of rotatable bonds is 5. The molecule has 0 aromatic carbocycles. The SMILES string of the molecule is [CH2]CCC=CCCCO. The van der Waals surface area contributed by atoms with E-state index < -0.39 is 0 Å². The van der Waals surface area contributed by atoms with Gasteiger partial charge in [0.25, 0.3) is 0 Å². The number of hydrogen-bond acceptors (Lipinski definition) is 1. The van der Waals surface area contributed by atoms with Gasteiger partial charge in [0.2, 0.25) is 0 Å². The third-order valence-corrected chi connectivity index (χ3v) is 1.07. The molecule has 0 saturated carbocycles. The first-order valence-corrected chi connectivity index (χ1v) is 3.47. The molecule has 1 radical (unpaired) electrons. The lowest BCUT2D eigenvalue weighted by atomic mass is 10.2. The highest BCUT2D eigenvalue weighted by Gasteiger charge is 1.77. The van der Waals surface area contributed by atoms with Gasteiger partial charge in [0.05, 0.1) is 0 Å². The van der Waals surface area contributed by atoms with E-state index in [0.29, 0.717) is 6.61 Å². The zero-order valence-electron chi connectivity index (χ0n) is 5.84. The molecule has 0 aliphatic rings. The van der Waals surface area contributed by atoms with E-state index in [0.717, 1.165) is 25.7 Å². The van der Waals surface area contributed by atoms with Crippen molar-refractivity contribution in [2.24, 2.45) is 0 Å². The van der Waals surface area contributed by atoms with Crippen molar-refractivity contribution in [3.05, 3.63) is 19.1 Å². The van der Waals surface area contributed by atoms with E-state index in [1.807, 2.05) is 0 Å². The van der Waals surface area contributed by atoms with Crippen LogP contribution in [-0.2, 0) is 0 Å². The fourth-order valence-corrected chi connectivity index (χ4v) is 0.563. The number of allylic oxidation sites excluding steroid dienone is 2. The monoisotopic (exact) mass is 127 g/mol. The average molecular weight is 127 g/mol. The lowest BCUT2D eigenvalue weighted by Crippen LogP contribution is -1.77. The van der Waals surface area contributed by atoms with Gasteiger partial charge >= 0.3 is 0 Å². The molecule has 0 heterocycles. The van der Waals surface area contributed by atoms with E-state index in [2.05, 4.69) is 19.1 Å². The number of hydrogen-bond donors (Lipinski definition) is 1. The van der Waals surface area contributed by atoms with Crippen molar-refractivity contribution in [2.45, 2.75) is 25.7 Å². The van der Waals surface area contributed by atoms with Crippen LogP contribution in [0.2, 0.25) is 0 Å². The third-order valence-electron chi connectivity index (χ3n) is 1.07. The Morgan fingerprint density at radius 2 is 1.89 bits per heavy atom. The molecule has 0 spiro atoms. The van der Waals surface area contributed by atoms with Crippen LogP contribution in [0.3, 0.4) is 0 Å².